The Kier molecular flexibility index (Phi) is 5.18. The zero-order chi connectivity index (χ0) is 20.6. The van der Waals surface area contributed by atoms with Crippen molar-refractivity contribution in [1.82, 2.24) is 20.6 Å². The average Bonchev–Trinajstić information content (AvgIpc) is 3.39. The summed E-state index contributed by atoms with van der Waals surface area (Å²) in [6, 6.07) is 14.3. The molecule has 6 nitrogen and oxygen atoms in total. The van der Waals surface area contributed by atoms with Gasteiger partial charge in [0.05, 0.1) is 5.54 Å². The molecular formula is C21H20FN5OS2. The first kappa shape index (κ1) is 19.5. The number of hydrogen-bond acceptors (Lipinski definition) is 7. The highest BCUT2D eigenvalue weighted by Gasteiger charge is 2.53. The van der Waals surface area contributed by atoms with Gasteiger partial charge in [0.2, 0.25) is 5.95 Å². The molecule has 0 saturated carbocycles. The summed E-state index contributed by atoms with van der Waals surface area (Å²) >= 11 is 2.82. The van der Waals surface area contributed by atoms with Crippen LogP contribution in [-0.2, 0) is 5.54 Å². The number of nitrogens with one attached hydrogen (secondary N) is 2. The van der Waals surface area contributed by atoms with Crippen LogP contribution >= 0.6 is 23.1 Å². The number of hydrogen-bond donors (Lipinski definition) is 2. The van der Waals surface area contributed by atoms with E-state index in [0.29, 0.717) is 18.1 Å². The Balaban J connectivity index is 1.42. The van der Waals surface area contributed by atoms with Gasteiger partial charge in [0, 0.05) is 47.6 Å². The number of halogens is 1. The Hall–Kier alpha value is -2.49. The van der Waals surface area contributed by atoms with Gasteiger partial charge in [-0.2, -0.15) is 4.39 Å². The van der Waals surface area contributed by atoms with Gasteiger partial charge in [-0.05, 0) is 30.3 Å². The normalized spacial score (nSPS) is 25.7. The fraction of sp³-hybridized carbons (Fsp3) is 0.286. The number of anilines is 1. The molecule has 2 fully saturated rings. The second kappa shape index (κ2) is 7.98. The van der Waals surface area contributed by atoms with E-state index in [1.165, 1.54) is 6.07 Å². The van der Waals surface area contributed by atoms with Crippen LogP contribution in [0.15, 0.2) is 60.9 Å². The van der Waals surface area contributed by atoms with Gasteiger partial charge in [-0.15, -0.1) is 23.1 Å². The SMILES string of the molecule is O=C(NC1NC2(c3ccc(F)s3)CN(c3ncccn3)CC2CS1)c1ccccc1. The highest BCUT2D eigenvalue weighted by Crippen LogP contribution is 2.46. The summed E-state index contributed by atoms with van der Waals surface area (Å²) in [7, 11) is 0. The lowest BCUT2D eigenvalue weighted by Crippen LogP contribution is -2.60. The fourth-order valence-corrected chi connectivity index (χ4v) is 6.40. The third-order valence-corrected chi connectivity index (χ3v) is 7.79. The second-order valence-corrected chi connectivity index (χ2v) is 9.57. The topological polar surface area (TPSA) is 70.2 Å². The molecule has 154 valence electrons. The Morgan fingerprint density at radius 3 is 2.70 bits per heavy atom. The second-order valence-electron chi connectivity index (χ2n) is 7.40. The maximum atomic E-state index is 14.0. The first-order chi connectivity index (χ1) is 14.6. The number of carbonyl (C=O) groups excluding carboxylic acids is 1. The molecule has 1 amide bonds. The molecule has 4 heterocycles. The van der Waals surface area contributed by atoms with Crippen LogP contribution in [0.25, 0.3) is 0 Å². The van der Waals surface area contributed by atoms with E-state index < -0.39 is 5.54 Å². The number of nitrogens with zero attached hydrogens (tertiary/aromatic N) is 3. The molecule has 0 radical (unpaired) electrons. The minimum atomic E-state index is -0.478. The smallest absolute Gasteiger partial charge is 0.253 e. The van der Waals surface area contributed by atoms with Gasteiger partial charge in [0.1, 0.15) is 5.50 Å². The molecule has 9 heteroatoms. The van der Waals surface area contributed by atoms with Gasteiger partial charge in [-0.1, -0.05) is 18.2 Å². The number of benzene rings is 1. The van der Waals surface area contributed by atoms with Crippen LogP contribution in [-0.4, -0.2) is 40.2 Å². The lowest BCUT2D eigenvalue weighted by atomic mass is 9.86. The van der Waals surface area contributed by atoms with E-state index in [1.807, 2.05) is 24.3 Å². The van der Waals surface area contributed by atoms with Crippen molar-refractivity contribution >= 4 is 35.0 Å². The average molecular weight is 442 g/mol. The Labute approximate surface area is 181 Å². The number of rotatable bonds is 4. The Morgan fingerprint density at radius 1 is 1.17 bits per heavy atom. The van der Waals surface area contributed by atoms with E-state index in [0.717, 1.165) is 28.5 Å². The van der Waals surface area contributed by atoms with Gasteiger partial charge < -0.3 is 10.2 Å². The maximum Gasteiger partial charge on any atom is 0.253 e. The van der Waals surface area contributed by atoms with Crippen molar-refractivity contribution in [2.75, 3.05) is 23.7 Å². The first-order valence-corrected chi connectivity index (χ1v) is 11.5. The van der Waals surface area contributed by atoms with Crippen LogP contribution in [0.1, 0.15) is 15.2 Å². The summed E-state index contributed by atoms with van der Waals surface area (Å²) in [5.41, 5.74) is -0.145. The molecule has 2 N–H and O–H groups in total. The Bertz CT molecular complexity index is 1030. The van der Waals surface area contributed by atoms with E-state index in [1.54, 1.807) is 42.4 Å². The van der Waals surface area contributed by atoms with Crippen LogP contribution in [0.4, 0.5) is 10.3 Å². The summed E-state index contributed by atoms with van der Waals surface area (Å²) in [6.45, 7) is 1.38. The summed E-state index contributed by atoms with van der Waals surface area (Å²) in [6.07, 6.45) is 3.46. The third-order valence-electron chi connectivity index (χ3n) is 5.58. The van der Waals surface area contributed by atoms with Crippen LogP contribution in [0.3, 0.4) is 0 Å². The van der Waals surface area contributed by atoms with E-state index in [2.05, 4.69) is 25.5 Å². The summed E-state index contributed by atoms with van der Waals surface area (Å²) in [5, 5.41) is 6.50. The molecule has 0 bridgehead atoms. The van der Waals surface area contributed by atoms with Gasteiger partial charge in [-0.3, -0.25) is 10.1 Å². The van der Waals surface area contributed by atoms with Crippen LogP contribution in [0, 0.1) is 11.0 Å². The fourth-order valence-electron chi connectivity index (χ4n) is 4.14. The number of thiophene rings is 1. The zero-order valence-electron chi connectivity index (χ0n) is 16.0. The standard InChI is InChI=1S/C21H20FN5OS2/c22-17-8-7-16(30-17)21-13-27(19-23-9-4-10-24-19)11-15(21)12-29-20(26-21)25-18(28)14-5-2-1-3-6-14/h1-10,15,20,26H,11-13H2,(H,25,28). The molecular weight excluding hydrogens is 421 g/mol. The molecule has 0 aliphatic carbocycles. The monoisotopic (exact) mass is 441 g/mol. The highest BCUT2D eigenvalue weighted by atomic mass is 32.2. The van der Waals surface area contributed by atoms with Crippen molar-refractivity contribution in [3.63, 3.8) is 0 Å². The number of amides is 1. The van der Waals surface area contributed by atoms with E-state index in [-0.39, 0.29) is 22.5 Å². The van der Waals surface area contributed by atoms with Gasteiger partial charge >= 0.3 is 0 Å². The molecule has 1 aromatic carbocycles. The van der Waals surface area contributed by atoms with Crippen molar-refractivity contribution in [2.24, 2.45) is 5.92 Å². The lowest BCUT2D eigenvalue weighted by molar-refractivity contribution is 0.0934. The molecule has 5 rings (SSSR count). The molecule has 3 atom stereocenters. The summed E-state index contributed by atoms with van der Waals surface area (Å²) in [4.78, 5) is 24.5. The highest BCUT2D eigenvalue weighted by molar-refractivity contribution is 7.99. The number of fused-ring (bicyclic) bond motifs is 1. The Morgan fingerprint density at radius 2 is 1.97 bits per heavy atom. The van der Waals surface area contributed by atoms with E-state index in [9.17, 15) is 9.18 Å². The van der Waals surface area contributed by atoms with Gasteiger partial charge in [-0.25, -0.2) is 9.97 Å². The number of thioether (sulfide) groups is 1. The molecule has 2 aliphatic rings. The molecule has 30 heavy (non-hydrogen) atoms. The van der Waals surface area contributed by atoms with Crippen LogP contribution < -0.4 is 15.5 Å². The van der Waals surface area contributed by atoms with Crippen molar-refractivity contribution in [2.45, 2.75) is 11.0 Å². The minimum Gasteiger partial charge on any atom is -0.338 e. The van der Waals surface area contributed by atoms with E-state index >= 15 is 0 Å². The predicted molar refractivity (Wildman–Crippen MR) is 117 cm³/mol. The molecule has 2 aromatic heterocycles. The maximum absolute atomic E-state index is 14.0. The molecule has 2 aliphatic heterocycles. The van der Waals surface area contributed by atoms with Crippen molar-refractivity contribution in [3.8, 4) is 0 Å². The largest absolute Gasteiger partial charge is 0.338 e. The van der Waals surface area contributed by atoms with Crippen molar-refractivity contribution in [1.29, 1.82) is 0 Å². The summed E-state index contributed by atoms with van der Waals surface area (Å²) in [5.74, 6) is 1.59. The molecule has 3 unspecified atom stereocenters. The van der Waals surface area contributed by atoms with Crippen molar-refractivity contribution < 1.29 is 9.18 Å². The quantitative estimate of drug-likeness (QED) is 0.649. The van der Waals surface area contributed by atoms with Gasteiger partial charge in [0.15, 0.2) is 5.13 Å². The molecule has 3 aromatic rings. The van der Waals surface area contributed by atoms with E-state index in [4.69, 9.17) is 0 Å². The van der Waals surface area contributed by atoms with Crippen LogP contribution in [0.2, 0.25) is 0 Å². The molecule has 0 spiro atoms. The van der Waals surface area contributed by atoms with Crippen molar-refractivity contribution in [3.05, 3.63) is 76.5 Å². The third kappa shape index (κ3) is 3.57. The first-order valence-electron chi connectivity index (χ1n) is 9.67. The van der Waals surface area contributed by atoms with Gasteiger partial charge in [0.25, 0.3) is 5.91 Å². The summed E-state index contributed by atoms with van der Waals surface area (Å²) < 4.78 is 14.0. The lowest BCUT2D eigenvalue weighted by Gasteiger charge is -2.42. The minimum absolute atomic E-state index is 0.132. The number of carbonyl (C=O) groups is 1. The number of aromatic nitrogens is 2. The van der Waals surface area contributed by atoms with Crippen LogP contribution in [0.5, 0.6) is 0 Å². The predicted octanol–water partition coefficient (Wildman–Crippen LogP) is 3.06. The molecule has 2 saturated heterocycles. The zero-order valence-corrected chi connectivity index (χ0v) is 17.6.